The molecule has 0 unspecified atom stereocenters. The van der Waals surface area contributed by atoms with E-state index < -0.39 is 6.04 Å². The molecule has 4 nitrogen and oxygen atoms in total. The van der Waals surface area contributed by atoms with E-state index in [-0.39, 0.29) is 17.9 Å². The SMILES string of the molecule is Cc1cccc(CSCC(=O)N(Cc2cccc(Cl)c2)[C@H](C)C(=O)NC(C)C)c1. The van der Waals surface area contributed by atoms with Crippen LogP contribution in [-0.4, -0.2) is 34.6 Å². The topological polar surface area (TPSA) is 49.4 Å². The van der Waals surface area contributed by atoms with Crippen LogP contribution in [0.2, 0.25) is 5.02 Å². The number of hydrogen-bond acceptors (Lipinski definition) is 3. The van der Waals surface area contributed by atoms with Gasteiger partial charge in [-0.3, -0.25) is 9.59 Å². The lowest BCUT2D eigenvalue weighted by Gasteiger charge is -2.29. The van der Waals surface area contributed by atoms with E-state index in [0.717, 1.165) is 11.3 Å². The van der Waals surface area contributed by atoms with Crippen molar-refractivity contribution in [2.24, 2.45) is 0 Å². The first-order chi connectivity index (χ1) is 13.8. The molecule has 0 bridgehead atoms. The zero-order chi connectivity index (χ0) is 21.4. The molecule has 0 saturated heterocycles. The van der Waals surface area contributed by atoms with E-state index in [9.17, 15) is 9.59 Å². The molecule has 6 heteroatoms. The first-order valence-corrected chi connectivity index (χ1v) is 11.3. The van der Waals surface area contributed by atoms with Crippen LogP contribution in [0.4, 0.5) is 0 Å². The Morgan fingerprint density at radius 3 is 2.41 bits per heavy atom. The largest absolute Gasteiger partial charge is 0.352 e. The monoisotopic (exact) mass is 432 g/mol. The van der Waals surface area contributed by atoms with E-state index in [1.807, 2.05) is 38.1 Å². The quantitative estimate of drug-likeness (QED) is 0.617. The number of rotatable bonds is 9. The smallest absolute Gasteiger partial charge is 0.242 e. The van der Waals surface area contributed by atoms with Gasteiger partial charge in [-0.15, -0.1) is 11.8 Å². The average molecular weight is 433 g/mol. The van der Waals surface area contributed by atoms with Gasteiger partial charge in [0.15, 0.2) is 0 Å². The first-order valence-electron chi connectivity index (χ1n) is 9.74. The van der Waals surface area contributed by atoms with Crippen LogP contribution in [-0.2, 0) is 21.9 Å². The molecule has 0 aliphatic carbocycles. The fourth-order valence-electron chi connectivity index (χ4n) is 2.96. The number of halogens is 1. The van der Waals surface area contributed by atoms with E-state index in [1.165, 1.54) is 11.1 Å². The van der Waals surface area contributed by atoms with E-state index in [2.05, 4.69) is 30.4 Å². The molecular weight excluding hydrogens is 404 g/mol. The number of hydrogen-bond donors (Lipinski definition) is 1. The summed E-state index contributed by atoms with van der Waals surface area (Å²) in [7, 11) is 0. The number of amides is 2. The lowest BCUT2D eigenvalue weighted by Crippen LogP contribution is -2.49. The lowest BCUT2D eigenvalue weighted by molar-refractivity contribution is -0.138. The van der Waals surface area contributed by atoms with Crippen LogP contribution in [0, 0.1) is 6.92 Å². The molecule has 0 aliphatic heterocycles. The normalized spacial score (nSPS) is 11.9. The lowest BCUT2D eigenvalue weighted by atomic mass is 10.1. The van der Waals surface area contributed by atoms with Gasteiger partial charge in [0, 0.05) is 23.4 Å². The Bertz CT molecular complexity index is 841. The van der Waals surface area contributed by atoms with Crippen LogP contribution in [0.3, 0.4) is 0 Å². The van der Waals surface area contributed by atoms with Gasteiger partial charge < -0.3 is 10.2 Å². The molecule has 0 heterocycles. The van der Waals surface area contributed by atoms with E-state index in [1.54, 1.807) is 29.7 Å². The van der Waals surface area contributed by atoms with Gasteiger partial charge in [-0.2, -0.15) is 0 Å². The van der Waals surface area contributed by atoms with E-state index in [4.69, 9.17) is 11.6 Å². The van der Waals surface area contributed by atoms with Gasteiger partial charge in [0.05, 0.1) is 5.75 Å². The molecule has 0 radical (unpaired) electrons. The van der Waals surface area contributed by atoms with Crippen molar-refractivity contribution in [3.8, 4) is 0 Å². The van der Waals surface area contributed by atoms with Gasteiger partial charge in [-0.1, -0.05) is 53.6 Å². The summed E-state index contributed by atoms with van der Waals surface area (Å²) in [4.78, 5) is 27.2. The number of carbonyl (C=O) groups is 2. The highest BCUT2D eigenvalue weighted by atomic mass is 35.5. The second kappa shape index (κ2) is 11.3. The molecule has 29 heavy (non-hydrogen) atoms. The molecule has 0 aromatic heterocycles. The van der Waals surface area contributed by atoms with Gasteiger partial charge >= 0.3 is 0 Å². The summed E-state index contributed by atoms with van der Waals surface area (Å²) in [5.41, 5.74) is 3.30. The fraction of sp³-hybridized carbons (Fsp3) is 0.391. The fourth-order valence-corrected chi connectivity index (χ4v) is 4.03. The van der Waals surface area contributed by atoms with Crippen LogP contribution >= 0.6 is 23.4 Å². The highest BCUT2D eigenvalue weighted by Crippen LogP contribution is 2.18. The highest BCUT2D eigenvalue weighted by Gasteiger charge is 2.26. The van der Waals surface area contributed by atoms with Gasteiger partial charge in [-0.05, 0) is 51.0 Å². The summed E-state index contributed by atoms with van der Waals surface area (Å²) in [6, 6.07) is 15.1. The van der Waals surface area contributed by atoms with Crippen molar-refractivity contribution in [1.29, 1.82) is 0 Å². The molecule has 2 aromatic carbocycles. The third-order valence-corrected chi connectivity index (χ3v) is 5.64. The minimum Gasteiger partial charge on any atom is -0.352 e. The molecule has 1 N–H and O–H groups in total. The maximum atomic E-state index is 13.0. The number of benzene rings is 2. The average Bonchev–Trinajstić information content (AvgIpc) is 2.65. The number of carbonyl (C=O) groups excluding carboxylic acids is 2. The number of aryl methyl sites for hydroxylation is 1. The van der Waals surface area contributed by atoms with Crippen LogP contribution in [0.25, 0.3) is 0 Å². The Balaban J connectivity index is 2.07. The zero-order valence-corrected chi connectivity index (χ0v) is 19.0. The summed E-state index contributed by atoms with van der Waals surface area (Å²) >= 11 is 7.66. The Hall–Kier alpha value is -1.98. The Morgan fingerprint density at radius 1 is 1.07 bits per heavy atom. The summed E-state index contributed by atoms with van der Waals surface area (Å²) in [5.74, 6) is 0.854. The maximum absolute atomic E-state index is 13.0. The predicted octanol–water partition coefficient (Wildman–Crippen LogP) is 4.82. The number of nitrogens with zero attached hydrogens (tertiary/aromatic N) is 1. The Labute approximate surface area is 183 Å². The Morgan fingerprint density at radius 2 is 1.76 bits per heavy atom. The van der Waals surface area contributed by atoms with Gasteiger partial charge in [0.2, 0.25) is 11.8 Å². The number of nitrogens with one attached hydrogen (secondary N) is 1. The number of thioether (sulfide) groups is 1. The van der Waals surface area contributed by atoms with Gasteiger partial charge in [-0.25, -0.2) is 0 Å². The third-order valence-electron chi connectivity index (χ3n) is 4.42. The minimum absolute atomic E-state index is 0.0174. The molecule has 0 saturated carbocycles. The Kier molecular flexibility index (Phi) is 9.05. The molecule has 0 aliphatic rings. The van der Waals surface area contributed by atoms with Crippen molar-refractivity contribution in [2.75, 3.05) is 5.75 Å². The molecule has 0 fully saturated rings. The van der Waals surface area contributed by atoms with Crippen molar-refractivity contribution in [3.05, 3.63) is 70.2 Å². The maximum Gasteiger partial charge on any atom is 0.242 e. The van der Waals surface area contributed by atoms with Crippen molar-refractivity contribution in [1.82, 2.24) is 10.2 Å². The molecule has 2 aromatic rings. The van der Waals surface area contributed by atoms with E-state index >= 15 is 0 Å². The van der Waals surface area contributed by atoms with Crippen LogP contribution in [0.1, 0.15) is 37.5 Å². The summed E-state index contributed by atoms with van der Waals surface area (Å²) < 4.78 is 0. The molecule has 0 spiro atoms. The van der Waals surface area contributed by atoms with Crippen LogP contribution in [0.5, 0.6) is 0 Å². The summed E-state index contributed by atoms with van der Waals surface area (Å²) in [5, 5.41) is 3.51. The van der Waals surface area contributed by atoms with Gasteiger partial charge in [0.1, 0.15) is 6.04 Å². The zero-order valence-electron chi connectivity index (χ0n) is 17.4. The van der Waals surface area contributed by atoms with Crippen molar-refractivity contribution >= 4 is 35.2 Å². The van der Waals surface area contributed by atoms with Crippen molar-refractivity contribution < 1.29 is 9.59 Å². The molecule has 1 atom stereocenters. The van der Waals surface area contributed by atoms with Crippen LogP contribution in [0.15, 0.2) is 48.5 Å². The molecule has 2 amide bonds. The molecule has 2 rings (SSSR count). The molecule has 156 valence electrons. The predicted molar refractivity (Wildman–Crippen MR) is 122 cm³/mol. The second-order valence-electron chi connectivity index (χ2n) is 7.47. The third kappa shape index (κ3) is 7.75. The summed E-state index contributed by atoms with van der Waals surface area (Å²) in [6.07, 6.45) is 0. The van der Waals surface area contributed by atoms with Gasteiger partial charge in [0.25, 0.3) is 0 Å². The van der Waals surface area contributed by atoms with Crippen LogP contribution < -0.4 is 5.32 Å². The first kappa shape index (κ1) is 23.3. The minimum atomic E-state index is -0.566. The highest BCUT2D eigenvalue weighted by molar-refractivity contribution is 7.99. The standard InChI is InChI=1S/C23H29ClN2O2S/c1-16(2)25-23(28)18(4)26(13-19-8-6-10-21(24)12-19)22(27)15-29-14-20-9-5-7-17(3)11-20/h5-12,16,18H,13-15H2,1-4H3,(H,25,28)/t18-/m1/s1. The second-order valence-corrected chi connectivity index (χ2v) is 8.89. The van der Waals surface area contributed by atoms with E-state index in [0.29, 0.717) is 17.3 Å². The van der Waals surface area contributed by atoms with Crippen molar-refractivity contribution in [3.63, 3.8) is 0 Å². The molecular formula is C23H29ClN2O2S. The van der Waals surface area contributed by atoms with Crippen molar-refractivity contribution in [2.45, 2.75) is 52.1 Å². The summed E-state index contributed by atoms with van der Waals surface area (Å²) in [6.45, 7) is 7.99.